The summed E-state index contributed by atoms with van der Waals surface area (Å²) in [5.74, 6) is 0. The molecule has 1 aliphatic rings. The molecule has 1 N–H and O–H groups in total. The molecule has 1 aliphatic heterocycles. The standard InChI is InChI=1S/C13H28N2/c1-6-12-8-7-11(2)15(12)10-13(3,4)9-14-5/h11-12,14H,6-10H2,1-5H3. The minimum Gasteiger partial charge on any atom is -0.319 e. The van der Waals surface area contributed by atoms with E-state index in [2.05, 4.69) is 37.9 Å². The van der Waals surface area contributed by atoms with E-state index in [9.17, 15) is 0 Å². The summed E-state index contributed by atoms with van der Waals surface area (Å²) in [6.45, 7) is 11.8. The summed E-state index contributed by atoms with van der Waals surface area (Å²) in [4.78, 5) is 2.72. The third-order valence-electron chi connectivity index (χ3n) is 3.69. The molecule has 0 spiro atoms. The second kappa shape index (κ2) is 5.31. The lowest BCUT2D eigenvalue weighted by Crippen LogP contribution is -2.44. The van der Waals surface area contributed by atoms with Crippen molar-refractivity contribution < 1.29 is 0 Å². The van der Waals surface area contributed by atoms with E-state index in [0.717, 1.165) is 18.6 Å². The van der Waals surface area contributed by atoms with Crippen LogP contribution in [0.4, 0.5) is 0 Å². The van der Waals surface area contributed by atoms with E-state index in [-0.39, 0.29) is 0 Å². The van der Waals surface area contributed by atoms with Crippen molar-refractivity contribution in [2.75, 3.05) is 20.1 Å². The molecule has 2 heteroatoms. The van der Waals surface area contributed by atoms with Crippen molar-refractivity contribution in [1.29, 1.82) is 0 Å². The summed E-state index contributed by atoms with van der Waals surface area (Å²) in [6, 6.07) is 1.61. The monoisotopic (exact) mass is 212 g/mol. The molecular weight excluding hydrogens is 184 g/mol. The number of likely N-dealkylation sites (tertiary alicyclic amines) is 1. The van der Waals surface area contributed by atoms with Crippen LogP contribution in [0.3, 0.4) is 0 Å². The summed E-state index contributed by atoms with van der Waals surface area (Å²) < 4.78 is 0. The topological polar surface area (TPSA) is 15.3 Å². The van der Waals surface area contributed by atoms with Gasteiger partial charge in [0.15, 0.2) is 0 Å². The fourth-order valence-corrected chi connectivity index (χ4v) is 2.88. The van der Waals surface area contributed by atoms with E-state index in [1.54, 1.807) is 0 Å². The molecule has 15 heavy (non-hydrogen) atoms. The van der Waals surface area contributed by atoms with Gasteiger partial charge in [0.1, 0.15) is 0 Å². The van der Waals surface area contributed by atoms with Gasteiger partial charge in [-0.1, -0.05) is 20.8 Å². The summed E-state index contributed by atoms with van der Waals surface area (Å²) in [6.07, 6.45) is 4.08. The first-order valence-electron chi connectivity index (χ1n) is 6.40. The van der Waals surface area contributed by atoms with Crippen LogP contribution in [-0.2, 0) is 0 Å². The zero-order valence-electron chi connectivity index (χ0n) is 11.1. The average molecular weight is 212 g/mol. The summed E-state index contributed by atoms with van der Waals surface area (Å²) >= 11 is 0. The van der Waals surface area contributed by atoms with Gasteiger partial charge in [-0.3, -0.25) is 4.90 Å². The zero-order valence-corrected chi connectivity index (χ0v) is 11.1. The first-order valence-corrected chi connectivity index (χ1v) is 6.40. The molecule has 0 aromatic carbocycles. The molecule has 0 amide bonds. The van der Waals surface area contributed by atoms with Gasteiger partial charge in [0.25, 0.3) is 0 Å². The van der Waals surface area contributed by atoms with Crippen molar-refractivity contribution in [3.63, 3.8) is 0 Å². The predicted octanol–water partition coefficient (Wildman–Crippen LogP) is 2.49. The van der Waals surface area contributed by atoms with Gasteiger partial charge in [-0.2, -0.15) is 0 Å². The molecule has 0 aliphatic carbocycles. The van der Waals surface area contributed by atoms with Gasteiger partial charge in [-0.15, -0.1) is 0 Å². The van der Waals surface area contributed by atoms with Crippen LogP contribution < -0.4 is 5.32 Å². The van der Waals surface area contributed by atoms with Gasteiger partial charge in [-0.25, -0.2) is 0 Å². The molecule has 0 aromatic heterocycles. The highest BCUT2D eigenvalue weighted by Crippen LogP contribution is 2.29. The second-order valence-electron chi connectivity index (χ2n) is 5.86. The van der Waals surface area contributed by atoms with E-state index >= 15 is 0 Å². The Kier molecular flexibility index (Phi) is 4.60. The smallest absolute Gasteiger partial charge is 0.00962 e. The maximum atomic E-state index is 3.30. The second-order valence-corrected chi connectivity index (χ2v) is 5.86. The molecule has 0 aromatic rings. The average Bonchev–Trinajstić information content (AvgIpc) is 2.47. The first kappa shape index (κ1) is 13.0. The zero-order chi connectivity index (χ0) is 11.5. The number of nitrogens with zero attached hydrogens (tertiary/aromatic N) is 1. The minimum atomic E-state index is 0.390. The molecule has 2 atom stereocenters. The predicted molar refractivity (Wildman–Crippen MR) is 67.2 cm³/mol. The van der Waals surface area contributed by atoms with Gasteiger partial charge in [0, 0.05) is 25.2 Å². The summed E-state index contributed by atoms with van der Waals surface area (Å²) in [5, 5.41) is 3.30. The molecule has 1 saturated heterocycles. The Morgan fingerprint density at radius 2 is 2.00 bits per heavy atom. The van der Waals surface area contributed by atoms with Gasteiger partial charge >= 0.3 is 0 Å². The van der Waals surface area contributed by atoms with E-state index in [0.29, 0.717) is 5.41 Å². The summed E-state index contributed by atoms with van der Waals surface area (Å²) in [5.41, 5.74) is 0.390. The maximum absolute atomic E-state index is 3.30. The number of nitrogens with one attached hydrogen (secondary N) is 1. The highest BCUT2D eigenvalue weighted by atomic mass is 15.2. The first-order chi connectivity index (χ1) is 7.00. The maximum Gasteiger partial charge on any atom is 0.00962 e. The number of rotatable bonds is 5. The fourth-order valence-electron chi connectivity index (χ4n) is 2.88. The fraction of sp³-hybridized carbons (Fsp3) is 1.00. The van der Waals surface area contributed by atoms with E-state index in [1.165, 1.54) is 25.8 Å². The van der Waals surface area contributed by atoms with E-state index in [1.807, 2.05) is 7.05 Å². The van der Waals surface area contributed by atoms with Gasteiger partial charge < -0.3 is 5.32 Å². The van der Waals surface area contributed by atoms with Crippen LogP contribution in [0, 0.1) is 5.41 Å². The molecule has 0 radical (unpaired) electrons. The summed E-state index contributed by atoms with van der Waals surface area (Å²) in [7, 11) is 2.05. The molecule has 2 nitrogen and oxygen atoms in total. The Balaban J connectivity index is 2.54. The van der Waals surface area contributed by atoms with E-state index in [4.69, 9.17) is 0 Å². The van der Waals surface area contributed by atoms with Crippen LogP contribution in [0.25, 0.3) is 0 Å². The van der Waals surface area contributed by atoms with Crippen molar-refractivity contribution in [3.8, 4) is 0 Å². The molecule has 2 unspecified atom stereocenters. The van der Waals surface area contributed by atoms with Crippen molar-refractivity contribution in [3.05, 3.63) is 0 Å². The molecule has 0 saturated carbocycles. The van der Waals surface area contributed by atoms with Crippen LogP contribution in [0.5, 0.6) is 0 Å². The Morgan fingerprint density at radius 3 is 2.53 bits per heavy atom. The largest absolute Gasteiger partial charge is 0.319 e. The normalized spacial score (nSPS) is 28.6. The highest BCUT2D eigenvalue weighted by Gasteiger charge is 2.33. The highest BCUT2D eigenvalue weighted by molar-refractivity contribution is 4.88. The lowest BCUT2D eigenvalue weighted by Gasteiger charge is -2.36. The van der Waals surface area contributed by atoms with Crippen LogP contribution in [0.15, 0.2) is 0 Å². The minimum absolute atomic E-state index is 0.390. The lowest BCUT2D eigenvalue weighted by atomic mass is 9.92. The Labute approximate surface area is 95.4 Å². The molecule has 1 rings (SSSR count). The van der Waals surface area contributed by atoms with Crippen molar-refractivity contribution in [2.24, 2.45) is 5.41 Å². The van der Waals surface area contributed by atoms with Gasteiger partial charge in [-0.05, 0) is 38.6 Å². The molecular formula is C13H28N2. The third-order valence-corrected chi connectivity index (χ3v) is 3.69. The van der Waals surface area contributed by atoms with Crippen LogP contribution in [-0.4, -0.2) is 37.1 Å². The van der Waals surface area contributed by atoms with Crippen molar-refractivity contribution in [1.82, 2.24) is 10.2 Å². The van der Waals surface area contributed by atoms with Crippen molar-refractivity contribution in [2.45, 2.75) is 59.0 Å². The quantitative estimate of drug-likeness (QED) is 0.753. The number of hydrogen-bond acceptors (Lipinski definition) is 2. The Morgan fingerprint density at radius 1 is 1.33 bits per heavy atom. The molecule has 90 valence electrons. The Bertz CT molecular complexity index is 189. The van der Waals surface area contributed by atoms with Crippen LogP contribution >= 0.6 is 0 Å². The number of hydrogen-bond donors (Lipinski definition) is 1. The van der Waals surface area contributed by atoms with Gasteiger partial charge in [0.2, 0.25) is 0 Å². The SMILES string of the molecule is CCC1CCC(C)N1CC(C)(C)CNC. The van der Waals surface area contributed by atoms with Gasteiger partial charge in [0.05, 0.1) is 0 Å². The van der Waals surface area contributed by atoms with Crippen LogP contribution in [0.1, 0.15) is 47.0 Å². The van der Waals surface area contributed by atoms with Crippen molar-refractivity contribution >= 4 is 0 Å². The lowest BCUT2D eigenvalue weighted by molar-refractivity contribution is 0.128. The Hall–Kier alpha value is -0.0800. The van der Waals surface area contributed by atoms with Crippen LogP contribution in [0.2, 0.25) is 0 Å². The molecule has 0 bridgehead atoms. The molecule has 1 heterocycles. The van der Waals surface area contributed by atoms with E-state index < -0.39 is 0 Å². The molecule has 1 fully saturated rings. The third kappa shape index (κ3) is 3.46.